The average molecular weight is 197 g/mol. The van der Waals surface area contributed by atoms with Crippen molar-refractivity contribution in [2.45, 2.75) is 24.8 Å². The summed E-state index contributed by atoms with van der Waals surface area (Å²) >= 11 is 1.81. The van der Waals surface area contributed by atoms with Crippen LogP contribution in [0.15, 0.2) is 11.4 Å². The normalized spacial score (nSPS) is 27.2. The summed E-state index contributed by atoms with van der Waals surface area (Å²) in [6, 6.07) is 2.14. The lowest BCUT2D eigenvalue weighted by Crippen LogP contribution is -2.45. The van der Waals surface area contributed by atoms with E-state index in [1.54, 1.807) is 0 Å². The van der Waals surface area contributed by atoms with Crippen LogP contribution < -0.4 is 5.32 Å². The molecule has 1 aromatic heterocycles. The Labute approximate surface area is 82.6 Å². The second-order valence-corrected chi connectivity index (χ2v) is 4.60. The van der Waals surface area contributed by atoms with E-state index >= 15 is 0 Å². The van der Waals surface area contributed by atoms with Gasteiger partial charge in [0, 0.05) is 4.88 Å². The maximum absolute atomic E-state index is 9.45. The average Bonchev–Trinajstić information content (AvgIpc) is 2.65. The first-order valence-corrected chi connectivity index (χ1v) is 5.57. The van der Waals surface area contributed by atoms with Gasteiger partial charge < -0.3 is 10.4 Å². The van der Waals surface area contributed by atoms with Crippen LogP contribution in [0.4, 0.5) is 0 Å². The van der Waals surface area contributed by atoms with E-state index in [1.165, 1.54) is 23.3 Å². The summed E-state index contributed by atoms with van der Waals surface area (Å²) in [5, 5.41) is 14.8. The van der Waals surface area contributed by atoms with Crippen molar-refractivity contribution >= 4 is 11.3 Å². The SMILES string of the molecule is CNC1(CO)CCCc2sccc21. The molecule has 0 fully saturated rings. The van der Waals surface area contributed by atoms with Crippen molar-refractivity contribution in [2.24, 2.45) is 0 Å². The highest BCUT2D eigenvalue weighted by Crippen LogP contribution is 2.37. The molecule has 1 aromatic rings. The van der Waals surface area contributed by atoms with E-state index in [0.29, 0.717) is 0 Å². The summed E-state index contributed by atoms with van der Waals surface area (Å²) in [5.41, 5.74) is 1.15. The second kappa shape index (κ2) is 3.40. The van der Waals surface area contributed by atoms with Crippen molar-refractivity contribution in [1.82, 2.24) is 5.32 Å². The molecular weight excluding hydrogens is 182 g/mol. The molecule has 2 nitrogen and oxygen atoms in total. The first-order valence-electron chi connectivity index (χ1n) is 4.69. The molecule has 0 saturated heterocycles. The van der Waals surface area contributed by atoms with E-state index in [0.717, 1.165) is 6.42 Å². The number of aliphatic hydroxyl groups excluding tert-OH is 1. The van der Waals surface area contributed by atoms with E-state index in [4.69, 9.17) is 0 Å². The number of fused-ring (bicyclic) bond motifs is 1. The van der Waals surface area contributed by atoms with Crippen LogP contribution in [0.3, 0.4) is 0 Å². The van der Waals surface area contributed by atoms with Crippen molar-refractivity contribution in [3.8, 4) is 0 Å². The molecule has 2 rings (SSSR count). The monoisotopic (exact) mass is 197 g/mol. The molecule has 0 amide bonds. The number of rotatable bonds is 2. The molecule has 2 N–H and O–H groups in total. The maximum atomic E-state index is 9.45. The molecule has 0 aliphatic heterocycles. The number of aryl methyl sites for hydroxylation is 1. The Kier molecular flexibility index (Phi) is 2.41. The van der Waals surface area contributed by atoms with Crippen molar-refractivity contribution in [3.63, 3.8) is 0 Å². The highest BCUT2D eigenvalue weighted by molar-refractivity contribution is 7.10. The van der Waals surface area contributed by atoms with Crippen LogP contribution in [-0.2, 0) is 12.0 Å². The van der Waals surface area contributed by atoms with Gasteiger partial charge in [-0.2, -0.15) is 0 Å². The Hall–Kier alpha value is -0.380. The summed E-state index contributed by atoms with van der Waals surface area (Å²) in [5.74, 6) is 0. The molecule has 0 spiro atoms. The third-order valence-electron chi connectivity index (χ3n) is 3.02. The molecule has 13 heavy (non-hydrogen) atoms. The minimum atomic E-state index is -0.159. The predicted octanol–water partition coefficient (Wildman–Crippen LogP) is 1.49. The Morgan fingerprint density at radius 1 is 1.69 bits per heavy atom. The van der Waals surface area contributed by atoms with Crippen molar-refractivity contribution in [2.75, 3.05) is 13.7 Å². The van der Waals surface area contributed by atoms with Gasteiger partial charge in [-0.05, 0) is 43.3 Å². The van der Waals surface area contributed by atoms with Gasteiger partial charge in [0.2, 0.25) is 0 Å². The maximum Gasteiger partial charge on any atom is 0.0677 e. The number of hydrogen-bond donors (Lipinski definition) is 2. The fourth-order valence-corrected chi connectivity index (χ4v) is 3.17. The molecule has 1 heterocycles. The van der Waals surface area contributed by atoms with E-state index in [9.17, 15) is 5.11 Å². The van der Waals surface area contributed by atoms with Gasteiger partial charge in [-0.15, -0.1) is 11.3 Å². The third-order valence-corrected chi connectivity index (χ3v) is 4.00. The lowest BCUT2D eigenvalue weighted by atomic mass is 9.81. The zero-order chi connectivity index (χ0) is 9.31. The summed E-state index contributed by atoms with van der Waals surface area (Å²) in [6.07, 6.45) is 3.40. The predicted molar refractivity (Wildman–Crippen MR) is 55.1 cm³/mol. The number of hydrogen-bond acceptors (Lipinski definition) is 3. The lowest BCUT2D eigenvalue weighted by Gasteiger charge is -2.35. The molecular formula is C10H15NOS. The molecule has 1 aliphatic rings. The smallest absolute Gasteiger partial charge is 0.0677 e. The third kappa shape index (κ3) is 1.31. The van der Waals surface area contributed by atoms with Gasteiger partial charge >= 0.3 is 0 Å². The van der Waals surface area contributed by atoms with Gasteiger partial charge in [0.25, 0.3) is 0 Å². The quantitative estimate of drug-likeness (QED) is 0.753. The van der Waals surface area contributed by atoms with Gasteiger partial charge in [0.1, 0.15) is 0 Å². The van der Waals surface area contributed by atoms with Crippen LogP contribution in [0.2, 0.25) is 0 Å². The van der Waals surface area contributed by atoms with Crippen LogP contribution in [0, 0.1) is 0 Å². The number of likely N-dealkylation sites (N-methyl/N-ethyl adjacent to an activating group) is 1. The number of nitrogens with one attached hydrogen (secondary N) is 1. The van der Waals surface area contributed by atoms with E-state index in [1.807, 2.05) is 18.4 Å². The van der Waals surface area contributed by atoms with Crippen LogP contribution >= 0.6 is 11.3 Å². The Morgan fingerprint density at radius 3 is 3.23 bits per heavy atom. The van der Waals surface area contributed by atoms with Gasteiger partial charge in [-0.3, -0.25) is 0 Å². The Morgan fingerprint density at radius 2 is 2.54 bits per heavy atom. The minimum Gasteiger partial charge on any atom is -0.394 e. The highest BCUT2D eigenvalue weighted by atomic mass is 32.1. The Balaban J connectivity index is 2.43. The lowest BCUT2D eigenvalue weighted by molar-refractivity contribution is 0.151. The Bertz CT molecular complexity index is 291. The van der Waals surface area contributed by atoms with Crippen molar-refractivity contribution in [1.29, 1.82) is 0 Å². The summed E-state index contributed by atoms with van der Waals surface area (Å²) < 4.78 is 0. The molecule has 3 heteroatoms. The topological polar surface area (TPSA) is 32.3 Å². The molecule has 0 aromatic carbocycles. The van der Waals surface area contributed by atoms with E-state index in [-0.39, 0.29) is 12.1 Å². The van der Waals surface area contributed by atoms with Gasteiger partial charge in [0.05, 0.1) is 12.1 Å². The molecule has 0 radical (unpaired) electrons. The van der Waals surface area contributed by atoms with Gasteiger partial charge in [0.15, 0.2) is 0 Å². The van der Waals surface area contributed by atoms with E-state index < -0.39 is 0 Å². The fraction of sp³-hybridized carbons (Fsp3) is 0.600. The van der Waals surface area contributed by atoms with Crippen molar-refractivity contribution in [3.05, 3.63) is 21.9 Å². The van der Waals surface area contributed by atoms with Crippen LogP contribution in [-0.4, -0.2) is 18.8 Å². The van der Waals surface area contributed by atoms with Crippen molar-refractivity contribution < 1.29 is 5.11 Å². The summed E-state index contributed by atoms with van der Waals surface area (Å²) in [4.78, 5) is 1.44. The molecule has 1 atom stereocenters. The minimum absolute atomic E-state index is 0.159. The van der Waals surface area contributed by atoms with Crippen LogP contribution in [0.1, 0.15) is 23.3 Å². The number of aliphatic hydroxyl groups is 1. The largest absolute Gasteiger partial charge is 0.394 e. The van der Waals surface area contributed by atoms with Gasteiger partial charge in [-0.25, -0.2) is 0 Å². The van der Waals surface area contributed by atoms with E-state index in [2.05, 4.69) is 16.8 Å². The molecule has 72 valence electrons. The summed E-state index contributed by atoms with van der Waals surface area (Å²) in [7, 11) is 1.93. The molecule has 1 unspecified atom stereocenters. The second-order valence-electron chi connectivity index (χ2n) is 3.60. The van der Waals surface area contributed by atoms with Crippen LogP contribution in [0.25, 0.3) is 0 Å². The number of thiophene rings is 1. The fourth-order valence-electron chi connectivity index (χ4n) is 2.15. The zero-order valence-electron chi connectivity index (χ0n) is 7.84. The molecule has 0 bridgehead atoms. The molecule has 1 aliphatic carbocycles. The highest BCUT2D eigenvalue weighted by Gasteiger charge is 2.34. The zero-order valence-corrected chi connectivity index (χ0v) is 8.66. The molecule has 0 saturated carbocycles. The summed E-state index contributed by atoms with van der Waals surface area (Å²) in [6.45, 7) is 0.202. The van der Waals surface area contributed by atoms with Gasteiger partial charge in [-0.1, -0.05) is 0 Å². The first-order chi connectivity index (χ1) is 6.32. The first kappa shape index (κ1) is 9.19. The van der Waals surface area contributed by atoms with Crippen LogP contribution in [0.5, 0.6) is 0 Å². The standard InChI is InChI=1S/C10H15NOS/c1-11-10(7-12)5-2-3-9-8(10)4-6-13-9/h4,6,11-12H,2-3,5,7H2,1H3.